The van der Waals surface area contributed by atoms with E-state index in [2.05, 4.69) is 25.7 Å². The number of rotatable bonds is 8. The molecule has 2 heterocycles. The molecular weight excluding hydrogens is 440 g/mol. The highest BCUT2D eigenvalue weighted by molar-refractivity contribution is 7.99. The number of nitrogens with zero attached hydrogens (tertiary/aromatic N) is 5. The highest BCUT2D eigenvalue weighted by Gasteiger charge is 2.20. The molecule has 0 aliphatic rings. The van der Waals surface area contributed by atoms with Gasteiger partial charge in [-0.2, -0.15) is 4.98 Å². The summed E-state index contributed by atoms with van der Waals surface area (Å²) in [6, 6.07) is 13.3. The molecule has 0 saturated carbocycles. The molecule has 0 atom stereocenters. The van der Waals surface area contributed by atoms with Crippen LogP contribution in [0.1, 0.15) is 18.1 Å². The Morgan fingerprint density at radius 3 is 2.52 bits per heavy atom. The van der Waals surface area contributed by atoms with Gasteiger partial charge < -0.3 is 14.6 Å². The number of amides is 1. The maximum atomic E-state index is 12.5. The molecule has 0 aliphatic heterocycles. The number of methoxy groups -OCH3 is 1. The SMILES string of the molecule is CCn1c(SCC(=O)Nc2c(C)cccc2C)nnc1-c1nc(-c2ccc(OC)cc2)no1. The zero-order valence-electron chi connectivity index (χ0n) is 18.8. The van der Waals surface area contributed by atoms with Crippen LogP contribution < -0.4 is 10.1 Å². The lowest BCUT2D eigenvalue weighted by molar-refractivity contribution is -0.113. The van der Waals surface area contributed by atoms with E-state index in [1.807, 2.05) is 67.8 Å². The van der Waals surface area contributed by atoms with Gasteiger partial charge >= 0.3 is 0 Å². The first-order valence-electron chi connectivity index (χ1n) is 10.4. The fourth-order valence-corrected chi connectivity index (χ4v) is 4.13. The first-order chi connectivity index (χ1) is 16.0. The number of carbonyl (C=O) groups excluding carboxylic acids is 1. The first-order valence-corrected chi connectivity index (χ1v) is 11.4. The van der Waals surface area contributed by atoms with E-state index in [0.717, 1.165) is 28.1 Å². The lowest BCUT2D eigenvalue weighted by atomic mass is 10.1. The average Bonchev–Trinajstić information content (AvgIpc) is 3.47. The Bertz CT molecular complexity index is 1250. The van der Waals surface area contributed by atoms with Crippen LogP contribution in [0.4, 0.5) is 5.69 Å². The molecule has 4 rings (SSSR count). The van der Waals surface area contributed by atoms with Gasteiger partial charge in [0.1, 0.15) is 5.75 Å². The topological polar surface area (TPSA) is 108 Å². The summed E-state index contributed by atoms with van der Waals surface area (Å²) in [5, 5.41) is 16.1. The van der Waals surface area contributed by atoms with Crippen LogP contribution in [0.2, 0.25) is 0 Å². The smallest absolute Gasteiger partial charge is 0.296 e. The standard InChI is InChI=1S/C23H24N6O3S/c1-5-29-21(22-25-20(28-32-22)16-9-11-17(31-4)12-10-16)26-27-23(29)33-13-18(30)24-19-14(2)7-6-8-15(19)3/h6-12H,5,13H2,1-4H3,(H,24,30). The summed E-state index contributed by atoms with van der Waals surface area (Å²) in [4.78, 5) is 17.0. The van der Waals surface area contributed by atoms with Gasteiger partial charge in [0.15, 0.2) is 5.16 Å². The Kier molecular flexibility index (Phi) is 6.74. The van der Waals surface area contributed by atoms with Gasteiger partial charge in [-0.15, -0.1) is 10.2 Å². The summed E-state index contributed by atoms with van der Waals surface area (Å²) < 4.78 is 12.5. The first kappa shape index (κ1) is 22.5. The van der Waals surface area contributed by atoms with Crippen molar-refractivity contribution in [1.82, 2.24) is 24.9 Å². The second kappa shape index (κ2) is 9.86. The molecule has 0 unspecified atom stereocenters. The maximum Gasteiger partial charge on any atom is 0.296 e. The molecule has 170 valence electrons. The number of ether oxygens (including phenoxy) is 1. The molecule has 10 heteroatoms. The zero-order valence-corrected chi connectivity index (χ0v) is 19.6. The fraction of sp³-hybridized carbons (Fsp3) is 0.261. The summed E-state index contributed by atoms with van der Waals surface area (Å²) in [6.45, 7) is 6.50. The Balaban J connectivity index is 1.47. The third-order valence-corrected chi connectivity index (χ3v) is 6.04. The molecule has 2 aromatic heterocycles. The average molecular weight is 465 g/mol. The minimum Gasteiger partial charge on any atom is -0.497 e. The van der Waals surface area contributed by atoms with E-state index >= 15 is 0 Å². The van der Waals surface area contributed by atoms with E-state index in [1.165, 1.54) is 11.8 Å². The minimum absolute atomic E-state index is 0.107. The van der Waals surface area contributed by atoms with Crippen LogP contribution in [-0.4, -0.2) is 43.7 Å². The quantitative estimate of drug-likeness (QED) is 0.383. The Labute approximate surface area is 195 Å². The molecule has 9 nitrogen and oxygen atoms in total. The highest BCUT2D eigenvalue weighted by atomic mass is 32.2. The maximum absolute atomic E-state index is 12.5. The summed E-state index contributed by atoms with van der Waals surface area (Å²) in [7, 11) is 1.61. The summed E-state index contributed by atoms with van der Waals surface area (Å²) in [6.07, 6.45) is 0. The van der Waals surface area contributed by atoms with E-state index in [1.54, 1.807) is 7.11 Å². The Hall–Kier alpha value is -3.66. The number of para-hydroxylation sites is 1. The van der Waals surface area contributed by atoms with Crippen LogP contribution in [0.5, 0.6) is 5.75 Å². The molecular formula is C23H24N6O3S. The molecule has 2 aromatic carbocycles. The molecule has 0 radical (unpaired) electrons. The molecule has 1 N–H and O–H groups in total. The third kappa shape index (κ3) is 4.90. The molecule has 0 bridgehead atoms. The van der Waals surface area contributed by atoms with Crippen LogP contribution in [0, 0.1) is 13.8 Å². The molecule has 4 aromatic rings. The molecule has 1 amide bonds. The van der Waals surface area contributed by atoms with Crippen molar-refractivity contribution < 1.29 is 14.1 Å². The third-order valence-electron chi connectivity index (χ3n) is 5.08. The molecule has 0 saturated heterocycles. The van der Waals surface area contributed by atoms with Gasteiger partial charge in [-0.25, -0.2) is 0 Å². The van der Waals surface area contributed by atoms with E-state index in [0.29, 0.717) is 23.4 Å². The van der Waals surface area contributed by atoms with Crippen molar-refractivity contribution in [2.75, 3.05) is 18.2 Å². The van der Waals surface area contributed by atoms with Crippen molar-refractivity contribution in [1.29, 1.82) is 0 Å². The molecule has 0 fully saturated rings. The minimum atomic E-state index is -0.107. The van der Waals surface area contributed by atoms with Crippen molar-refractivity contribution in [3.8, 4) is 28.9 Å². The van der Waals surface area contributed by atoms with E-state index in [9.17, 15) is 4.79 Å². The van der Waals surface area contributed by atoms with Crippen molar-refractivity contribution in [3.63, 3.8) is 0 Å². The van der Waals surface area contributed by atoms with E-state index in [-0.39, 0.29) is 17.6 Å². The second-order valence-corrected chi connectivity index (χ2v) is 8.25. The van der Waals surface area contributed by atoms with Gasteiger partial charge in [0.25, 0.3) is 5.89 Å². The lowest BCUT2D eigenvalue weighted by Crippen LogP contribution is -2.16. The monoisotopic (exact) mass is 464 g/mol. The molecule has 33 heavy (non-hydrogen) atoms. The fourth-order valence-electron chi connectivity index (χ4n) is 3.33. The normalized spacial score (nSPS) is 10.9. The van der Waals surface area contributed by atoms with E-state index < -0.39 is 0 Å². The Morgan fingerprint density at radius 1 is 1.12 bits per heavy atom. The van der Waals surface area contributed by atoms with Crippen molar-refractivity contribution >= 4 is 23.4 Å². The number of benzene rings is 2. The largest absolute Gasteiger partial charge is 0.497 e. The number of hydrogen-bond acceptors (Lipinski definition) is 8. The number of hydrogen-bond donors (Lipinski definition) is 1. The number of carbonyl (C=O) groups is 1. The van der Waals surface area contributed by atoms with Crippen LogP contribution in [0.25, 0.3) is 23.1 Å². The van der Waals surface area contributed by atoms with Gasteiger partial charge in [0.2, 0.25) is 17.6 Å². The van der Waals surface area contributed by atoms with Crippen LogP contribution in [-0.2, 0) is 11.3 Å². The summed E-state index contributed by atoms with van der Waals surface area (Å²) >= 11 is 1.31. The van der Waals surface area contributed by atoms with Crippen molar-refractivity contribution in [3.05, 3.63) is 53.6 Å². The second-order valence-electron chi connectivity index (χ2n) is 7.31. The number of aromatic nitrogens is 5. The highest BCUT2D eigenvalue weighted by Crippen LogP contribution is 2.26. The van der Waals surface area contributed by atoms with Crippen LogP contribution in [0.15, 0.2) is 52.1 Å². The Morgan fingerprint density at radius 2 is 1.85 bits per heavy atom. The van der Waals surface area contributed by atoms with Gasteiger partial charge in [0.05, 0.1) is 12.9 Å². The van der Waals surface area contributed by atoms with Crippen molar-refractivity contribution in [2.45, 2.75) is 32.5 Å². The number of thioether (sulfide) groups is 1. The predicted molar refractivity (Wildman–Crippen MR) is 126 cm³/mol. The van der Waals surface area contributed by atoms with Crippen LogP contribution in [0.3, 0.4) is 0 Å². The van der Waals surface area contributed by atoms with Crippen LogP contribution >= 0.6 is 11.8 Å². The zero-order chi connectivity index (χ0) is 23.4. The summed E-state index contributed by atoms with van der Waals surface area (Å²) in [5.41, 5.74) is 3.69. The number of anilines is 1. The number of aryl methyl sites for hydroxylation is 2. The summed E-state index contributed by atoms with van der Waals surface area (Å²) in [5.74, 6) is 2.01. The predicted octanol–water partition coefficient (Wildman–Crippen LogP) is 4.37. The molecule has 0 spiro atoms. The van der Waals surface area contributed by atoms with Crippen molar-refractivity contribution in [2.24, 2.45) is 0 Å². The van der Waals surface area contributed by atoms with Gasteiger partial charge in [-0.3, -0.25) is 9.36 Å². The lowest BCUT2D eigenvalue weighted by Gasteiger charge is -2.11. The van der Waals surface area contributed by atoms with Gasteiger partial charge in [0, 0.05) is 17.8 Å². The number of nitrogens with one attached hydrogen (secondary N) is 1. The van der Waals surface area contributed by atoms with Gasteiger partial charge in [-0.1, -0.05) is 35.1 Å². The van der Waals surface area contributed by atoms with E-state index in [4.69, 9.17) is 9.26 Å². The molecule has 0 aliphatic carbocycles. The van der Waals surface area contributed by atoms with Gasteiger partial charge in [-0.05, 0) is 56.2 Å².